The minimum absolute atomic E-state index is 0.0577. The number of nitrogens with zero attached hydrogens (tertiary/aromatic N) is 1. The molecule has 0 atom stereocenters. The van der Waals surface area contributed by atoms with E-state index in [2.05, 4.69) is 5.32 Å². The zero-order valence-corrected chi connectivity index (χ0v) is 15.1. The third-order valence-corrected chi connectivity index (χ3v) is 4.52. The monoisotopic (exact) mass is 412 g/mol. The van der Waals surface area contributed by atoms with Crippen molar-refractivity contribution in [3.8, 4) is 5.69 Å². The second-order valence-corrected chi connectivity index (χ2v) is 6.44. The number of nitrogens with one attached hydrogen (secondary N) is 1. The Morgan fingerprint density at radius 1 is 0.800 bits per heavy atom. The van der Waals surface area contributed by atoms with Crippen molar-refractivity contribution in [3.63, 3.8) is 0 Å². The van der Waals surface area contributed by atoms with E-state index in [-0.39, 0.29) is 27.7 Å². The molecule has 4 rings (SSSR count). The van der Waals surface area contributed by atoms with Crippen molar-refractivity contribution >= 4 is 22.4 Å². The van der Waals surface area contributed by atoms with E-state index >= 15 is 0 Å². The van der Waals surface area contributed by atoms with Crippen molar-refractivity contribution in [2.75, 3.05) is 5.32 Å². The number of halogens is 4. The molecule has 4 nitrogen and oxygen atoms in total. The summed E-state index contributed by atoms with van der Waals surface area (Å²) in [5, 5.41) is 2.67. The summed E-state index contributed by atoms with van der Waals surface area (Å²) in [7, 11) is 0. The first-order valence-corrected chi connectivity index (χ1v) is 8.71. The Labute approximate surface area is 167 Å². The van der Waals surface area contributed by atoms with Crippen LogP contribution in [0.5, 0.6) is 0 Å². The lowest BCUT2D eigenvalue weighted by molar-refractivity contribution is 0.102. The fourth-order valence-corrected chi connectivity index (χ4v) is 3.11. The molecule has 8 heteroatoms. The Morgan fingerprint density at radius 3 is 2.10 bits per heavy atom. The molecule has 3 aromatic carbocycles. The molecule has 0 spiro atoms. The smallest absolute Gasteiger partial charge is 0.263 e. The second kappa shape index (κ2) is 7.47. The van der Waals surface area contributed by atoms with Crippen LogP contribution in [0.15, 0.2) is 71.7 Å². The largest absolute Gasteiger partial charge is 0.319 e. The summed E-state index contributed by atoms with van der Waals surface area (Å²) in [6.07, 6.45) is 1.09. The molecule has 0 fully saturated rings. The number of hydrogen-bond donors (Lipinski definition) is 1. The van der Waals surface area contributed by atoms with E-state index in [1.54, 1.807) is 12.1 Å². The molecule has 1 heterocycles. The van der Waals surface area contributed by atoms with Gasteiger partial charge in [0, 0.05) is 29.1 Å². The number of amides is 1. The summed E-state index contributed by atoms with van der Waals surface area (Å²) in [6, 6.07) is 11.4. The lowest BCUT2D eigenvalue weighted by atomic mass is 10.1. The molecule has 1 amide bonds. The van der Waals surface area contributed by atoms with Crippen LogP contribution in [-0.2, 0) is 0 Å². The van der Waals surface area contributed by atoms with Gasteiger partial charge in [-0.05, 0) is 30.3 Å². The Hall–Kier alpha value is -3.94. The number of pyridine rings is 1. The van der Waals surface area contributed by atoms with Gasteiger partial charge in [-0.2, -0.15) is 0 Å². The molecular formula is C22H12F4N2O2. The molecule has 0 aliphatic carbocycles. The van der Waals surface area contributed by atoms with Gasteiger partial charge in [0.05, 0.1) is 16.9 Å². The van der Waals surface area contributed by atoms with Gasteiger partial charge in [0.2, 0.25) is 0 Å². The average molecular weight is 412 g/mol. The van der Waals surface area contributed by atoms with Crippen LogP contribution in [0.25, 0.3) is 16.5 Å². The summed E-state index contributed by atoms with van der Waals surface area (Å²) in [6.45, 7) is 0. The number of carbonyl (C=O) groups is 1. The first-order valence-electron chi connectivity index (χ1n) is 8.71. The van der Waals surface area contributed by atoms with Crippen LogP contribution < -0.4 is 10.9 Å². The van der Waals surface area contributed by atoms with Crippen LogP contribution in [0.2, 0.25) is 0 Å². The topological polar surface area (TPSA) is 51.1 Å². The fourth-order valence-electron chi connectivity index (χ4n) is 3.11. The molecule has 0 saturated carbocycles. The van der Waals surface area contributed by atoms with Gasteiger partial charge in [-0.3, -0.25) is 14.2 Å². The first kappa shape index (κ1) is 19.4. The summed E-state index contributed by atoms with van der Waals surface area (Å²) in [5.74, 6) is -4.41. The molecule has 4 aromatic rings. The molecule has 0 aliphatic rings. The molecule has 30 heavy (non-hydrogen) atoms. The molecular weight excluding hydrogens is 400 g/mol. The van der Waals surface area contributed by atoms with Crippen molar-refractivity contribution < 1.29 is 22.4 Å². The van der Waals surface area contributed by atoms with Crippen molar-refractivity contribution in [1.82, 2.24) is 4.57 Å². The minimum atomic E-state index is -0.997. The van der Waals surface area contributed by atoms with Crippen molar-refractivity contribution in [3.05, 3.63) is 106 Å². The molecule has 1 aromatic heterocycles. The highest BCUT2D eigenvalue weighted by Gasteiger charge is 2.18. The van der Waals surface area contributed by atoms with Gasteiger partial charge in [-0.15, -0.1) is 0 Å². The molecule has 1 N–H and O–H groups in total. The van der Waals surface area contributed by atoms with E-state index in [0.29, 0.717) is 12.1 Å². The SMILES string of the molecule is O=C(Nc1ccc(F)cc1F)c1cn(-c2ccc(F)cc2F)c(=O)c2ccccc12. The highest BCUT2D eigenvalue weighted by atomic mass is 19.1. The van der Waals surface area contributed by atoms with Crippen LogP contribution in [0, 0.1) is 23.3 Å². The molecule has 0 saturated heterocycles. The van der Waals surface area contributed by atoms with Gasteiger partial charge in [0.15, 0.2) is 0 Å². The number of fused-ring (bicyclic) bond motifs is 1. The maximum atomic E-state index is 14.3. The quantitative estimate of drug-likeness (QED) is 0.492. The van der Waals surface area contributed by atoms with E-state index in [1.165, 1.54) is 12.1 Å². The molecule has 0 bridgehead atoms. The van der Waals surface area contributed by atoms with Crippen molar-refractivity contribution in [2.24, 2.45) is 0 Å². The number of anilines is 1. The zero-order valence-electron chi connectivity index (χ0n) is 15.1. The Kier molecular flexibility index (Phi) is 4.83. The number of benzene rings is 3. The van der Waals surface area contributed by atoms with Crippen LogP contribution >= 0.6 is 0 Å². The lowest BCUT2D eigenvalue weighted by Gasteiger charge is -2.13. The molecule has 150 valence electrons. The summed E-state index contributed by atoms with van der Waals surface area (Å²) < 4.78 is 55.5. The third kappa shape index (κ3) is 3.43. The Morgan fingerprint density at radius 2 is 1.43 bits per heavy atom. The Balaban J connectivity index is 1.90. The summed E-state index contributed by atoms with van der Waals surface area (Å²) >= 11 is 0. The lowest BCUT2D eigenvalue weighted by Crippen LogP contribution is -2.23. The van der Waals surface area contributed by atoms with E-state index in [4.69, 9.17) is 0 Å². The van der Waals surface area contributed by atoms with Gasteiger partial charge in [0.1, 0.15) is 23.3 Å². The second-order valence-electron chi connectivity index (χ2n) is 6.44. The third-order valence-electron chi connectivity index (χ3n) is 4.52. The first-order chi connectivity index (χ1) is 14.3. The maximum absolute atomic E-state index is 14.3. The molecule has 0 unspecified atom stereocenters. The van der Waals surface area contributed by atoms with Crippen molar-refractivity contribution in [1.29, 1.82) is 0 Å². The van der Waals surface area contributed by atoms with Crippen molar-refractivity contribution in [2.45, 2.75) is 0 Å². The van der Waals surface area contributed by atoms with Gasteiger partial charge < -0.3 is 5.32 Å². The predicted octanol–water partition coefficient (Wildman–Crippen LogP) is 4.80. The highest BCUT2D eigenvalue weighted by molar-refractivity contribution is 6.12. The van der Waals surface area contributed by atoms with E-state index in [9.17, 15) is 27.2 Å². The van der Waals surface area contributed by atoms with Crippen LogP contribution in [0.1, 0.15) is 10.4 Å². The van der Waals surface area contributed by atoms with Crippen LogP contribution in [0.3, 0.4) is 0 Å². The number of hydrogen-bond acceptors (Lipinski definition) is 2. The molecule has 0 aliphatic heterocycles. The average Bonchev–Trinajstić information content (AvgIpc) is 2.71. The maximum Gasteiger partial charge on any atom is 0.263 e. The van der Waals surface area contributed by atoms with E-state index < -0.39 is 34.7 Å². The number of rotatable bonds is 3. The number of aromatic nitrogens is 1. The normalized spacial score (nSPS) is 10.9. The predicted molar refractivity (Wildman–Crippen MR) is 104 cm³/mol. The van der Waals surface area contributed by atoms with Crippen LogP contribution in [-0.4, -0.2) is 10.5 Å². The van der Waals surface area contributed by atoms with Crippen LogP contribution in [0.4, 0.5) is 23.2 Å². The van der Waals surface area contributed by atoms with Gasteiger partial charge in [-0.1, -0.05) is 18.2 Å². The zero-order chi connectivity index (χ0) is 21.4. The van der Waals surface area contributed by atoms with E-state index in [0.717, 1.165) is 35.0 Å². The molecule has 0 radical (unpaired) electrons. The van der Waals surface area contributed by atoms with E-state index in [1.807, 2.05) is 0 Å². The summed E-state index contributed by atoms with van der Waals surface area (Å²) in [5.41, 5.74) is -1.20. The minimum Gasteiger partial charge on any atom is -0.319 e. The fraction of sp³-hybridized carbons (Fsp3) is 0. The number of carbonyl (C=O) groups excluding carboxylic acids is 1. The highest BCUT2D eigenvalue weighted by Crippen LogP contribution is 2.22. The summed E-state index contributed by atoms with van der Waals surface area (Å²) in [4.78, 5) is 25.7. The standard InChI is InChI=1S/C22H12F4N2O2/c23-12-5-7-19(17(25)9-12)27-21(29)16-11-28(20-8-6-13(24)10-18(20)26)22(30)15-4-2-1-3-14(15)16/h1-11H,(H,27,29). The Bertz CT molecular complexity index is 1370. The van der Waals surface area contributed by atoms with Gasteiger partial charge in [-0.25, -0.2) is 17.6 Å². The van der Waals surface area contributed by atoms with Gasteiger partial charge in [0.25, 0.3) is 11.5 Å². The van der Waals surface area contributed by atoms with Gasteiger partial charge >= 0.3 is 0 Å².